The highest BCUT2D eigenvalue weighted by molar-refractivity contribution is 8.02. The molecule has 0 spiro atoms. The number of carbonyl (C=O) groups excluding carboxylic acids is 1. The van der Waals surface area contributed by atoms with Crippen molar-refractivity contribution in [1.82, 2.24) is 10.3 Å². The Morgan fingerprint density at radius 3 is 2.60 bits per heavy atom. The molecule has 0 radical (unpaired) electrons. The lowest BCUT2D eigenvalue weighted by Crippen LogP contribution is -2.35. The van der Waals surface area contributed by atoms with Gasteiger partial charge < -0.3 is 5.32 Å². The molecule has 0 saturated heterocycles. The fourth-order valence-electron chi connectivity index (χ4n) is 1.66. The van der Waals surface area contributed by atoms with Crippen molar-refractivity contribution in [1.29, 1.82) is 0 Å². The monoisotopic (exact) mass is 306 g/mol. The van der Waals surface area contributed by atoms with Gasteiger partial charge in [0.05, 0.1) is 10.9 Å². The smallest absolute Gasteiger partial charge is 0.233 e. The second kappa shape index (κ2) is 6.90. The maximum absolute atomic E-state index is 11.9. The quantitative estimate of drug-likeness (QED) is 0.854. The van der Waals surface area contributed by atoms with E-state index in [1.54, 1.807) is 11.3 Å². The normalized spacial score (nSPS) is 12.4. The van der Waals surface area contributed by atoms with Gasteiger partial charge in [0.2, 0.25) is 5.91 Å². The molecule has 106 valence electrons. The fraction of sp³-hybridized carbons (Fsp3) is 0.333. The maximum atomic E-state index is 11.9. The molecule has 1 aromatic heterocycles. The van der Waals surface area contributed by atoms with E-state index >= 15 is 0 Å². The van der Waals surface area contributed by atoms with Gasteiger partial charge in [0.15, 0.2) is 4.34 Å². The molecule has 0 aliphatic rings. The van der Waals surface area contributed by atoms with Crippen LogP contribution in [0, 0.1) is 0 Å². The van der Waals surface area contributed by atoms with Gasteiger partial charge in [0, 0.05) is 17.0 Å². The Kier molecular flexibility index (Phi) is 5.20. The van der Waals surface area contributed by atoms with Gasteiger partial charge in [-0.15, -0.1) is 11.3 Å². The van der Waals surface area contributed by atoms with Crippen molar-refractivity contribution >= 4 is 29.0 Å². The first-order valence-electron chi connectivity index (χ1n) is 6.54. The number of hydrogen-bond acceptors (Lipinski definition) is 4. The van der Waals surface area contributed by atoms with Gasteiger partial charge >= 0.3 is 0 Å². The number of nitrogens with one attached hydrogen (secondary N) is 1. The summed E-state index contributed by atoms with van der Waals surface area (Å²) in [6, 6.07) is 10.2. The third kappa shape index (κ3) is 4.08. The zero-order valence-electron chi connectivity index (χ0n) is 11.8. The highest BCUT2D eigenvalue weighted by atomic mass is 32.2. The lowest BCUT2D eigenvalue weighted by atomic mass is 10.2. The highest BCUT2D eigenvalue weighted by Gasteiger charge is 2.17. The van der Waals surface area contributed by atoms with Crippen LogP contribution in [-0.4, -0.2) is 22.2 Å². The molecule has 1 atom stereocenters. The molecule has 3 nitrogen and oxygen atoms in total. The number of thiazole rings is 1. The topological polar surface area (TPSA) is 42.0 Å². The van der Waals surface area contributed by atoms with E-state index in [1.165, 1.54) is 11.8 Å². The third-order valence-electron chi connectivity index (χ3n) is 2.63. The van der Waals surface area contributed by atoms with Crippen LogP contribution in [0.25, 0.3) is 11.3 Å². The summed E-state index contributed by atoms with van der Waals surface area (Å²) in [5.74, 6) is 0.0569. The van der Waals surface area contributed by atoms with Gasteiger partial charge in [-0.2, -0.15) is 0 Å². The molecule has 1 heterocycles. The average Bonchev–Trinajstić information content (AvgIpc) is 2.87. The Morgan fingerprint density at radius 2 is 1.95 bits per heavy atom. The molecule has 5 heteroatoms. The number of aromatic nitrogens is 1. The van der Waals surface area contributed by atoms with Crippen molar-refractivity contribution in [3.05, 3.63) is 35.7 Å². The fourth-order valence-corrected chi connectivity index (χ4v) is 3.64. The minimum absolute atomic E-state index is 0.0569. The minimum atomic E-state index is -0.132. The lowest BCUT2D eigenvalue weighted by Gasteiger charge is -2.12. The molecule has 20 heavy (non-hydrogen) atoms. The van der Waals surface area contributed by atoms with Crippen LogP contribution in [0.1, 0.15) is 20.8 Å². The van der Waals surface area contributed by atoms with Gasteiger partial charge in [-0.05, 0) is 20.8 Å². The van der Waals surface area contributed by atoms with Crippen molar-refractivity contribution in [2.24, 2.45) is 0 Å². The van der Waals surface area contributed by atoms with Crippen LogP contribution in [0.5, 0.6) is 0 Å². The van der Waals surface area contributed by atoms with Gasteiger partial charge in [-0.25, -0.2) is 4.98 Å². The van der Waals surface area contributed by atoms with E-state index in [0.29, 0.717) is 0 Å². The maximum Gasteiger partial charge on any atom is 0.233 e. The first-order chi connectivity index (χ1) is 9.56. The SMILES string of the molecule is CC(C)NC(=O)[C@@H](C)Sc1nc(-c2ccccc2)cs1. The molecule has 0 fully saturated rings. The van der Waals surface area contributed by atoms with Crippen LogP contribution in [0.2, 0.25) is 0 Å². The summed E-state index contributed by atoms with van der Waals surface area (Å²) >= 11 is 3.09. The summed E-state index contributed by atoms with van der Waals surface area (Å²) in [6.45, 7) is 5.84. The van der Waals surface area contributed by atoms with E-state index in [1.807, 2.05) is 56.5 Å². The zero-order valence-corrected chi connectivity index (χ0v) is 13.4. The predicted octanol–water partition coefficient (Wildman–Crippen LogP) is 3.82. The van der Waals surface area contributed by atoms with Gasteiger partial charge in [0.25, 0.3) is 0 Å². The Balaban J connectivity index is 2.01. The van der Waals surface area contributed by atoms with E-state index in [0.717, 1.165) is 15.6 Å². The number of benzene rings is 1. The molecule has 2 aromatic rings. The minimum Gasteiger partial charge on any atom is -0.353 e. The largest absolute Gasteiger partial charge is 0.353 e. The Labute approximate surface area is 127 Å². The second-order valence-corrected chi connectivity index (χ2v) is 7.23. The first kappa shape index (κ1) is 15.1. The van der Waals surface area contributed by atoms with Crippen molar-refractivity contribution < 1.29 is 4.79 Å². The van der Waals surface area contributed by atoms with Crippen molar-refractivity contribution in [2.75, 3.05) is 0 Å². The summed E-state index contributed by atoms with van der Waals surface area (Å²) in [5, 5.41) is 4.82. The molecule has 2 rings (SSSR count). The second-order valence-electron chi connectivity index (χ2n) is 4.79. The van der Waals surface area contributed by atoms with Crippen LogP contribution < -0.4 is 5.32 Å². The van der Waals surface area contributed by atoms with E-state index in [4.69, 9.17) is 0 Å². The Bertz CT molecular complexity index is 566. The van der Waals surface area contributed by atoms with Gasteiger partial charge in [-0.3, -0.25) is 4.79 Å². The molecular formula is C15H18N2OS2. The summed E-state index contributed by atoms with van der Waals surface area (Å²) in [5.41, 5.74) is 2.07. The number of hydrogen-bond donors (Lipinski definition) is 1. The Morgan fingerprint density at radius 1 is 1.25 bits per heavy atom. The van der Waals surface area contributed by atoms with E-state index < -0.39 is 0 Å². The van der Waals surface area contributed by atoms with Crippen LogP contribution in [0.4, 0.5) is 0 Å². The van der Waals surface area contributed by atoms with Crippen LogP contribution >= 0.6 is 23.1 Å². The van der Waals surface area contributed by atoms with Crippen LogP contribution in [0.15, 0.2) is 40.1 Å². The number of thioether (sulfide) groups is 1. The highest BCUT2D eigenvalue weighted by Crippen LogP contribution is 2.30. The van der Waals surface area contributed by atoms with Gasteiger partial charge in [-0.1, -0.05) is 42.1 Å². The van der Waals surface area contributed by atoms with E-state index in [-0.39, 0.29) is 17.2 Å². The van der Waals surface area contributed by atoms with Crippen LogP contribution in [0.3, 0.4) is 0 Å². The average molecular weight is 306 g/mol. The molecule has 0 aliphatic heterocycles. The number of amides is 1. The standard InChI is InChI=1S/C15H18N2OS2/c1-10(2)16-14(18)11(3)20-15-17-13(9-19-15)12-7-5-4-6-8-12/h4-11H,1-3H3,(H,16,18)/t11-/m1/s1. The molecule has 0 unspecified atom stereocenters. The van der Waals surface area contributed by atoms with Crippen molar-refractivity contribution in [3.8, 4) is 11.3 Å². The summed E-state index contributed by atoms with van der Waals surface area (Å²) in [6.07, 6.45) is 0. The third-order valence-corrected chi connectivity index (χ3v) is 4.70. The summed E-state index contributed by atoms with van der Waals surface area (Å²) in [7, 11) is 0. The molecule has 1 N–H and O–H groups in total. The van der Waals surface area contributed by atoms with Crippen molar-refractivity contribution in [3.63, 3.8) is 0 Å². The van der Waals surface area contributed by atoms with E-state index in [2.05, 4.69) is 10.3 Å². The van der Waals surface area contributed by atoms with E-state index in [9.17, 15) is 4.79 Å². The summed E-state index contributed by atoms with van der Waals surface area (Å²) in [4.78, 5) is 16.5. The van der Waals surface area contributed by atoms with Crippen molar-refractivity contribution in [2.45, 2.75) is 36.4 Å². The number of rotatable bonds is 5. The lowest BCUT2D eigenvalue weighted by molar-refractivity contribution is -0.120. The molecule has 1 aromatic carbocycles. The van der Waals surface area contributed by atoms with Crippen LogP contribution in [-0.2, 0) is 4.79 Å². The molecular weight excluding hydrogens is 288 g/mol. The number of carbonyl (C=O) groups is 1. The molecule has 1 amide bonds. The van der Waals surface area contributed by atoms with Gasteiger partial charge in [0.1, 0.15) is 0 Å². The predicted molar refractivity (Wildman–Crippen MR) is 86.1 cm³/mol. The Hall–Kier alpha value is -1.33. The number of nitrogens with zero attached hydrogens (tertiary/aromatic N) is 1. The molecule has 0 saturated carbocycles. The summed E-state index contributed by atoms with van der Waals surface area (Å²) < 4.78 is 0.926. The zero-order chi connectivity index (χ0) is 14.5. The molecule has 0 bridgehead atoms. The first-order valence-corrected chi connectivity index (χ1v) is 8.30. The molecule has 0 aliphatic carbocycles.